The van der Waals surface area contributed by atoms with Crippen LogP contribution in [0.25, 0.3) is 0 Å². The molecule has 0 unspecified atom stereocenters. The van der Waals surface area contributed by atoms with Gasteiger partial charge in [-0.1, -0.05) is 12.1 Å². The summed E-state index contributed by atoms with van der Waals surface area (Å²) < 4.78 is 10.3. The van der Waals surface area contributed by atoms with E-state index in [1.807, 2.05) is 6.07 Å². The minimum absolute atomic E-state index is 0.129. The number of benzene rings is 1. The van der Waals surface area contributed by atoms with Gasteiger partial charge in [-0.25, -0.2) is 0 Å². The van der Waals surface area contributed by atoms with Crippen molar-refractivity contribution in [1.82, 2.24) is 0 Å². The summed E-state index contributed by atoms with van der Waals surface area (Å²) in [5, 5.41) is 11.6. The Labute approximate surface area is 105 Å². The van der Waals surface area contributed by atoms with Gasteiger partial charge in [-0.3, -0.25) is 4.79 Å². The number of para-hydroxylation sites is 1. The molecule has 1 aliphatic rings. The summed E-state index contributed by atoms with van der Waals surface area (Å²) in [6.07, 6.45) is 0.403. The maximum atomic E-state index is 11.6. The summed E-state index contributed by atoms with van der Waals surface area (Å²) in [5.74, 6) is -0.155. The van der Waals surface area contributed by atoms with Gasteiger partial charge in [0.1, 0.15) is 12.2 Å². The van der Waals surface area contributed by atoms with Crippen molar-refractivity contribution in [2.24, 2.45) is 0 Å². The summed E-state index contributed by atoms with van der Waals surface area (Å²) in [4.78, 5) is 11.6. The highest BCUT2D eigenvalue weighted by atomic mass is 16.6. The number of carbonyl (C=O) groups excluding carboxylic acids is 1. The molecular weight excluding hydrogens is 232 g/mol. The Morgan fingerprint density at radius 3 is 2.94 bits per heavy atom. The number of amides is 1. The molecule has 1 N–H and O–H groups in total. The zero-order chi connectivity index (χ0) is 12.8. The normalized spacial score (nSPS) is 14.6. The fourth-order valence-corrected chi connectivity index (χ4v) is 1.53. The lowest BCUT2D eigenvalue weighted by molar-refractivity contribution is -0.135. The molecule has 5 nitrogen and oxygen atoms in total. The van der Waals surface area contributed by atoms with E-state index in [1.165, 1.54) is 0 Å². The third kappa shape index (κ3) is 3.29. The van der Waals surface area contributed by atoms with Crippen molar-refractivity contribution in [2.75, 3.05) is 25.1 Å². The first-order valence-corrected chi connectivity index (χ1v) is 5.78. The number of carbonyl (C=O) groups is 1. The van der Waals surface area contributed by atoms with E-state index in [4.69, 9.17) is 14.7 Å². The summed E-state index contributed by atoms with van der Waals surface area (Å²) in [7, 11) is 0. The highest BCUT2D eigenvalue weighted by Gasteiger charge is 2.18. The molecule has 1 aliphatic heterocycles. The Kier molecular flexibility index (Phi) is 4.29. The minimum atomic E-state index is -0.155. The molecule has 1 aromatic rings. The second kappa shape index (κ2) is 6.15. The van der Waals surface area contributed by atoms with Gasteiger partial charge in [0.15, 0.2) is 0 Å². The van der Waals surface area contributed by atoms with E-state index in [1.54, 1.807) is 24.3 Å². The number of nitrogens with one attached hydrogen (secondary N) is 1. The Morgan fingerprint density at radius 1 is 1.50 bits per heavy atom. The number of anilines is 1. The molecular formula is C13H14N2O3. The zero-order valence-electron chi connectivity index (χ0n) is 9.89. The summed E-state index contributed by atoms with van der Waals surface area (Å²) in [6.45, 7) is 1.59. The van der Waals surface area contributed by atoms with Crippen molar-refractivity contribution < 1.29 is 14.3 Å². The molecule has 2 rings (SSSR count). The Balaban J connectivity index is 1.77. The SMILES string of the molecule is N#Cc1ccccc1NC(=O)CCOC1COC1. The van der Waals surface area contributed by atoms with Gasteiger partial charge in [-0.15, -0.1) is 0 Å². The van der Waals surface area contributed by atoms with Gasteiger partial charge in [0.05, 0.1) is 37.5 Å². The van der Waals surface area contributed by atoms with Gasteiger partial charge in [-0.05, 0) is 12.1 Å². The molecule has 5 heteroatoms. The number of nitrogens with zero attached hydrogens (tertiary/aromatic N) is 1. The lowest BCUT2D eigenvalue weighted by atomic mass is 10.2. The molecule has 1 saturated heterocycles. The number of hydrogen-bond donors (Lipinski definition) is 1. The van der Waals surface area contributed by atoms with E-state index in [0.717, 1.165) is 0 Å². The monoisotopic (exact) mass is 246 g/mol. The van der Waals surface area contributed by atoms with Crippen LogP contribution in [0.3, 0.4) is 0 Å². The largest absolute Gasteiger partial charge is 0.376 e. The van der Waals surface area contributed by atoms with Crippen molar-refractivity contribution in [1.29, 1.82) is 5.26 Å². The lowest BCUT2D eigenvalue weighted by Gasteiger charge is -2.25. The van der Waals surface area contributed by atoms with Gasteiger partial charge < -0.3 is 14.8 Å². The topological polar surface area (TPSA) is 71.4 Å². The molecule has 1 aromatic carbocycles. The fourth-order valence-electron chi connectivity index (χ4n) is 1.53. The fraction of sp³-hybridized carbons (Fsp3) is 0.385. The molecule has 0 aromatic heterocycles. The predicted octanol–water partition coefficient (Wildman–Crippen LogP) is 1.30. The molecule has 0 aliphatic carbocycles. The summed E-state index contributed by atoms with van der Waals surface area (Å²) >= 11 is 0. The first-order valence-electron chi connectivity index (χ1n) is 5.78. The number of ether oxygens (including phenoxy) is 2. The van der Waals surface area contributed by atoms with Gasteiger partial charge >= 0.3 is 0 Å². The van der Waals surface area contributed by atoms with Crippen LogP contribution < -0.4 is 5.32 Å². The van der Waals surface area contributed by atoms with E-state index in [9.17, 15) is 4.79 Å². The first-order chi connectivity index (χ1) is 8.79. The van der Waals surface area contributed by atoms with Gasteiger partial charge in [0.25, 0.3) is 0 Å². The highest BCUT2D eigenvalue weighted by molar-refractivity contribution is 5.92. The lowest BCUT2D eigenvalue weighted by Crippen LogP contribution is -2.36. The zero-order valence-corrected chi connectivity index (χ0v) is 9.89. The van der Waals surface area contributed by atoms with Gasteiger partial charge in [-0.2, -0.15) is 5.26 Å². The van der Waals surface area contributed by atoms with E-state index in [0.29, 0.717) is 31.1 Å². The third-order valence-corrected chi connectivity index (χ3v) is 2.61. The van der Waals surface area contributed by atoms with Crippen molar-refractivity contribution >= 4 is 11.6 Å². The smallest absolute Gasteiger partial charge is 0.226 e. The standard InChI is InChI=1S/C13H14N2O3/c14-7-10-3-1-2-4-12(10)15-13(16)5-6-18-11-8-17-9-11/h1-4,11H,5-6,8-9H2,(H,15,16). The Hall–Kier alpha value is -1.90. The molecule has 0 radical (unpaired) electrons. The summed E-state index contributed by atoms with van der Waals surface area (Å²) in [5.41, 5.74) is 0.996. The predicted molar refractivity (Wildman–Crippen MR) is 65.0 cm³/mol. The Bertz CT molecular complexity index is 464. The van der Waals surface area contributed by atoms with Crippen LogP contribution in [0.15, 0.2) is 24.3 Å². The first kappa shape index (κ1) is 12.6. The molecule has 0 spiro atoms. The van der Waals surface area contributed by atoms with Crippen LogP contribution in [-0.2, 0) is 14.3 Å². The maximum absolute atomic E-state index is 11.6. The highest BCUT2D eigenvalue weighted by Crippen LogP contribution is 2.13. The number of nitriles is 1. The van der Waals surface area contributed by atoms with Crippen LogP contribution in [0, 0.1) is 11.3 Å². The molecule has 0 bridgehead atoms. The number of hydrogen-bond acceptors (Lipinski definition) is 4. The van der Waals surface area contributed by atoms with E-state index in [2.05, 4.69) is 5.32 Å². The van der Waals surface area contributed by atoms with Crippen LogP contribution >= 0.6 is 0 Å². The van der Waals surface area contributed by atoms with Gasteiger partial charge in [0, 0.05) is 0 Å². The summed E-state index contributed by atoms with van der Waals surface area (Å²) in [6, 6.07) is 8.94. The van der Waals surface area contributed by atoms with E-state index >= 15 is 0 Å². The van der Waals surface area contributed by atoms with E-state index < -0.39 is 0 Å². The van der Waals surface area contributed by atoms with Crippen LogP contribution in [0.4, 0.5) is 5.69 Å². The third-order valence-electron chi connectivity index (χ3n) is 2.61. The molecule has 0 atom stereocenters. The second-order valence-corrected chi connectivity index (χ2v) is 3.99. The minimum Gasteiger partial charge on any atom is -0.376 e. The average molecular weight is 246 g/mol. The van der Waals surface area contributed by atoms with Crippen molar-refractivity contribution in [2.45, 2.75) is 12.5 Å². The van der Waals surface area contributed by atoms with Crippen LogP contribution in [-0.4, -0.2) is 31.8 Å². The quantitative estimate of drug-likeness (QED) is 0.850. The van der Waals surface area contributed by atoms with Crippen molar-refractivity contribution in [3.63, 3.8) is 0 Å². The van der Waals surface area contributed by atoms with Crippen LogP contribution in [0.2, 0.25) is 0 Å². The molecule has 1 heterocycles. The van der Waals surface area contributed by atoms with Crippen molar-refractivity contribution in [3.8, 4) is 6.07 Å². The average Bonchev–Trinajstić information content (AvgIpc) is 2.33. The van der Waals surface area contributed by atoms with E-state index in [-0.39, 0.29) is 18.4 Å². The second-order valence-electron chi connectivity index (χ2n) is 3.99. The van der Waals surface area contributed by atoms with Crippen LogP contribution in [0.5, 0.6) is 0 Å². The van der Waals surface area contributed by atoms with Gasteiger partial charge in [0.2, 0.25) is 5.91 Å². The molecule has 1 amide bonds. The molecule has 94 valence electrons. The molecule has 18 heavy (non-hydrogen) atoms. The molecule has 1 fully saturated rings. The maximum Gasteiger partial charge on any atom is 0.226 e. The number of rotatable bonds is 5. The Morgan fingerprint density at radius 2 is 2.28 bits per heavy atom. The molecule has 0 saturated carbocycles. The van der Waals surface area contributed by atoms with Crippen LogP contribution in [0.1, 0.15) is 12.0 Å². The van der Waals surface area contributed by atoms with Crippen molar-refractivity contribution in [3.05, 3.63) is 29.8 Å².